The topological polar surface area (TPSA) is 63.9 Å². The Morgan fingerprint density at radius 3 is 2.86 bits per heavy atom. The van der Waals surface area contributed by atoms with E-state index in [-0.39, 0.29) is 5.56 Å². The Kier molecular flexibility index (Phi) is 2.56. The molecule has 2 aliphatic rings. The molecule has 22 heavy (non-hydrogen) atoms. The summed E-state index contributed by atoms with van der Waals surface area (Å²) in [6.45, 7) is 0.352. The molecular formula is C13H12F3N5O. The van der Waals surface area contributed by atoms with Gasteiger partial charge in [0.2, 0.25) is 0 Å². The molecule has 3 atom stereocenters. The predicted octanol–water partition coefficient (Wildman–Crippen LogP) is 1.39. The molecule has 9 heteroatoms. The van der Waals surface area contributed by atoms with Crippen LogP contribution in [0.3, 0.4) is 0 Å². The molecule has 2 aromatic rings. The largest absolute Gasteiger partial charge is 0.394 e. The number of fused-ring (bicyclic) bond motifs is 2. The van der Waals surface area contributed by atoms with Crippen LogP contribution in [-0.2, 0) is 7.05 Å². The van der Waals surface area contributed by atoms with Crippen molar-refractivity contribution in [2.75, 3.05) is 6.54 Å². The maximum Gasteiger partial charge on any atom is 0.394 e. The maximum absolute atomic E-state index is 12.9. The second-order valence-corrected chi connectivity index (χ2v) is 5.75. The van der Waals surface area contributed by atoms with E-state index in [4.69, 9.17) is 0 Å². The van der Waals surface area contributed by atoms with E-state index in [1.54, 1.807) is 7.05 Å². The first-order valence-corrected chi connectivity index (χ1v) is 6.91. The Hall–Kier alpha value is -2.19. The Morgan fingerprint density at radius 2 is 2.18 bits per heavy atom. The molecule has 3 unspecified atom stereocenters. The van der Waals surface area contributed by atoms with Crippen molar-refractivity contribution in [3.05, 3.63) is 17.8 Å². The molecule has 1 saturated heterocycles. The van der Waals surface area contributed by atoms with Crippen molar-refractivity contribution < 1.29 is 18.0 Å². The van der Waals surface area contributed by atoms with E-state index in [0.29, 0.717) is 24.1 Å². The van der Waals surface area contributed by atoms with Gasteiger partial charge in [-0.2, -0.15) is 13.2 Å². The summed E-state index contributed by atoms with van der Waals surface area (Å²) in [6, 6.07) is 0.755. The molecule has 6 nitrogen and oxygen atoms in total. The minimum absolute atomic E-state index is 0.256. The van der Waals surface area contributed by atoms with Crippen LogP contribution in [0.5, 0.6) is 0 Å². The van der Waals surface area contributed by atoms with Crippen molar-refractivity contribution in [3.63, 3.8) is 0 Å². The highest BCUT2D eigenvalue weighted by Crippen LogP contribution is 2.58. The molecule has 1 aliphatic heterocycles. The van der Waals surface area contributed by atoms with E-state index in [1.807, 2.05) is 0 Å². The molecule has 1 aliphatic carbocycles. The van der Waals surface area contributed by atoms with Crippen molar-refractivity contribution in [1.29, 1.82) is 0 Å². The summed E-state index contributed by atoms with van der Waals surface area (Å²) >= 11 is 0. The quantitative estimate of drug-likeness (QED) is 0.798. The van der Waals surface area contributed by atoms with E-state index >= 15 is 0 Å². The molecule has 0 N–H and O–H groups in total. The van der Waals surface area contributed by atoms with Gasteiger partial charge in [0.1, 0.15) is 5.52 Å². The Labute approximate surface area is 122 Å². The fourth-order valence-electron chi connectivity index (χ4n) is 3.50. The van der Waals surface area contributed by atoms with Crippen LogP contribution in [0.4, 0.5) is 13.2 Å². The number of amides is 1. The lowest BCUT2D eigenvalue weighted by molar-refractivity contribution is -0.156. The summed E-state index contributed by atoms with van der Waals surface area (Å²) < 4.78 is 40.1. The van der Waals surface area contributed by atoms with Gasteiger partial charge in [0, 0.05) is 25.8 Å². The lowest BCUT2D eigenvalue weighted by atomic mass is 10.2. The van der Waals surface area contributed by atoms with Crippen LogP contribution >= 0.6 is 0 Å². The van der Waals surface area contributed by atoms with Crippen LogP contribution in [0.25, 0.3) is 11.2 Å². The minimum Gasteiger partial charge on any atom is -0.335 e. The highest BCUT2D eigenvalue weighted by atomic mass is 19.4. The lowest BCUT2D eigenvalue weighted by Gasteiger charge is -2.21. The van der Waals surface area contributed by atoms with E-state index in [0.717, 1.165) is 0 Å². The van der Waals surface area contributed by atoms with E-state index < -0.39 is 30.0 Å². The first-order chi connectivity index (χ1) is 10.4. The average molecular weight is 311 g/mol. The number of nitrogens with zero attached hydrogens (tertiary/aromatic N) is 5. The summed E-state index contributed by atoms with van der Waals surface area (Å²) in [5.74, 6) is -2.26. The lowest BCUT2D eigenvalue weighted by Crippen LogP contribution is -2.35. The third-order valence-electron chi connectivity index (χ3n) is 4.55. The number of rotatable bonds is 1. The maximum atomic E-state index is 12.9. The Morgan fingerprint density at radius 1 is 1.41 bits per heavy atom. The molecule has 1 saturated carbocycles. The van der Waals surface area contributed by atoms with Gasteiger partial charge in [0.05, 0.1) is 11.5 Å². The van der Waals surface area contributed by atoms with Gasteiger partial charge in [-0.3, -0.25) is 4.79 Å². The number of carbonyl (C=O) groups is 1. The molecule has 116 valence electrons. The number of likely N-dealkylation sites (tertiary alicyclic amines) is 1. The van der Waals surface area contributed by atoms with Crippen LogP contribution in [0.2, 0.25) is 0 Å². The highest BCUT2D eigenvalue weighted by Gasteiger charge is 2.69. The van der Waals surface area contributed by atoms with Crippen LogP contribution in [-0.4, -0.2) is 49.5 Å². The first-order valence-electron chi connectivity index (χ1n) is 6.91. The van der Waals surface area contributed by atoms with Crippen LogP contribution in [0.1, 0.15) is 16.8 Å². The number of carbonyl (C=O) groups excluding carboxylic acids is 1. The van der Waals surface area contributed by atoms with Crippen molar-refractivity contribution >= 4 is 17.1 Å². The molecule has 4 rings (SSSR count). The van der Waals surface area contributed by atoms with Crippen molar-refractivity contribution in [2.45, 2.75) is 18.6 Å². The number of piperidine rings is 1. The molecule has 0 spiro atoms. The van der Waals surface area contributed by atoms with Gasteiger partial charge in [0.25, 0.3) is 5.91 Å². The fourth-order valence-corrected chi connectivity index (χ4v) is 3.50. The number of aryl methyl sites for hydroxylation is 1. The minimum atomic E-state index is -4.24. The van der Waals surface area contributed by atoms with Gasteiger partial charge in [-0.15, -0.1) is 5.10 Å². The number of hydrogen-bond acceptors (Lipinski definition) is 4. The molecule has 0 bridgehead atoms. The molecule has 0 radical (unpaired) electrons. The Balaban J connectivity index is 1.68. The van der Waals surface area contributed by atoms with Crippen molar-refractivity contribution in [2.24, 2.45) is 18.9 Å². The second-order valence-electron chi connectivity index (χ2n) is 5.75. The second kappa shape index (κ2) is 4.17. The van der Waals surface area contributed by atoms with Gasteiger partial charge in [-0.25, -0.2) is 9.67 Å². The van der Waals surface area contributed by atoms with E-state index in [1.165, 1.54) is 21.8 Å². The van der Waals surface area contributed by atoms with Crippen LogP contribution in [0.15, 0.2) is 12.3 Å². The summed E-state index contributed by atoms with van der Waals surface area (Å²) in [5, 5.41) is 7.70. The number of pyridine rings is 1. The number of halogens is 3. The highest BCUT2D eigenvalue weighted by molar-refractivity contribution is 6.04. The first kappa shape index (κ1) is 13.5. The zero-order chi connectivity index (χ0) is 15.6. The zero-order valence-electron chi connectivity index (χ0n) is 11.6. The van der Waals surface area contributed by atoms with Gasteiger partial charge >= 0.3 is 6.18 Å². The summed E-state index contributed by atoms with van der Waals surface area (Å²) in [7, 11) is 1.64. The predicted molar refractivity (Wildman–Crippen MR) is 68.8 cm³/mol. The summed E-state index contributed by atoms with van der Waals surface area (Å²) in [6.07, 6.45) is -2.40. The van der Waals surface area contributed by atoms with E-state index in [2.05, 4.69) is 15.3 Å². The Bertz CT molecular complexity index is 771. The smallest absolute Gasteiger partial charge is 0.335 e. The van der Waals surface area contributed by atoms with Gasteiger partial charge < -0.3 is 4.90 Å². The standard InChI is InChI=1S/C13H12F3N5O/c1-20-11-9(18-19-20)7(2-4-17-11)12(22)21-5-3-6-8(10(6)21)13(14,15)16/h2,4,6,8,10H,3,5H2,1H3. The van der Waals surface area contributed by atoms with Gasteiger partial charge in [-0.05, 0) is 18.4 Å². The zero-order valence-corrected chi connectivity index (χ0v) is 11.6. The van der Waals surface area contributed by atoms with Gasteiger partial charge in [0.15, 0.2) is 5.65 Å². The third-order valence-corrected chi connectivity index (χ3v) is 4.55. The van der Waals surface area contributed by atoms with Crippen molar-refractivity contribution in [3.8, 4) is 0 Å². The molecule has 3 heterocycles. The van der Waals surface area contributed by atoms with E-state index in [9.17, 15) is 18.0 Å². The molecule has 1 amide bonds. The van der Waals surface area contributed by atoms with Gasteiger partial charge in [-0.1, -0.05) is 5.21 Å². The molecular weight excluding hydrogens is 299 g/mol. The summed E-state index contributed by atoms with van der Waals surface area (Å²) in [4.78, 5) is 18.0. The molecule has 2 fully saturated rings. The third kappa shape index (κ3) is 1.74. The van der Waals surface area contributed by atoms with Crippen molar-refractivity contribution in [1.82, 2.24) is 24.9 Å². The monoisotopic (exact) mass is 311 g/mol. The normalized spacial score (nSPS) is 27.3. The number of alkyl halides is 3. The van der Waals surface area contributed by atoms with Crippen LogP contribution < -0.4 is 0 Å². The SMILES string of the molecule is Cn1nnc2c(C(=O)N3CCC4C3C4C(F)(F)F)ccnc21. The molecule has 2 aromatic heterocycles. The molecule has 0 aromatic carbocycles. The summed E-state index contributed by atoms with van der Waals surface area (Å²) in [5.41, 5.74) is 1.01. The number of hydrogen-bond donors (Lipinski definition) is 0. The average Bonchev–Trinajstić information content (AvgIpc) is 2.85. The van der Waals surface area contributed by atoms with Crippen LogP contribution in [0, 0.1) is 11.8 Å². The fraction of sp³-hybridized carbons (Fsp3) is 0.538. The number of aromatic nitrogens is 4.